The average molecular weight is 383 g/mol. The summed E-state index contributed by atoms with van der Waals surface area (Å²) in [6.07, 6.45) is 2.96. The highest BCUT2D eigenvalue weighted by Crippen LogP contribution is 2.22. The highest BCUT2D eigenvalue weighted by molar-refractivity contribution is 7.16. The average Bonchev–Trinajstić information content (AvgIpc) is 3.26. The number of carbonyl (C=O) groups is 1. The van der Waals surface area contributed by atoms with Gasteiger partial charge in [-0.05, 0) is 35.7 Å². The molecule has 4 aromatic rings. The van der Waals surface area contributed by atoms with Gasteiger partial charge in [0, 0.05) is 12.6 Å². The minimum Gasteiger partial charge on any atom is -0.313 e. The maximum Gasteiger partial charge on any atom is 0.262 e. The predicted molar refractivity (Wildman–Crippen MR) is 101 cm³/mol. The third kappa shape index (κ3) is 3.24. The molecular formula is C18H14FN5O2S. The van der Waals surface area contributed by atoms with Crippen LogP contribution in [0.3, 0.4) is 0 Å². The van der Waals surface area contributed by atoms with Crippen LogP contribution in [0.5, 0.6) is 0 Å². The molecule has 0 bridgehead atoms. The van der Waals surface area contributed by atoms with Crippen molar-refractivity contribution >= 4 is 33.4 Å². The van der Waals surface area contributed by atoms with Gasteiger partial charge in [-0.15, -0.1) is 11.3 Å². The van der Waals surface area contributed by atoms with Crippen molar-refractivity contribution in [2.75, 3.05) is 5.32 Å². The van der Waals surface area contributed by atoms with Gasteiger partial charge in [0.2, 0.25) is 11.9 Å². The minimum atomic E-state index is -0.396. The molecule has 3 heterocycles. The Kier molecular flexibility index (Phi) is 4.28. The summed E-state index contributed by atoms with van der Waals surface area (Å²) in [5, 5.41) is 4.96. The first-order valence-corrected chi connectivity index (χ1v) is 8.91. The first-order chi connectivity index (χ1) is 13.0. The second kappa shape index (κ2) is 6.76. The lowest BCUT2D eigenvalue weighted by molar-refractivity contribution is -0.116. The van der Waals surface area contributed by atoms with Gasteiger partial charge in [-0.25, -0.2) is 14.4 Å². The Balaban J connectivity index is 1.53. The molecule has 27 heavy (non-hydrogen) atoms. The molecule has 0 saturated carbocycles. The van der Waals surface area contributed by atoms with Crippen molar-refractivity contribution in [2.45, 2.75) is 6.54 Å². The number of carbonyl (C=O) groups excluding carboxylic acids is 1. The topological polar surface area (TPSA) is 81.8 Å². The second-order valence-corrected chi connectivity index (χ2v) is 6.79. The van der Waals surface area contributed by atoms with Crippen molar-refractivity contribution < 1.29 is 9.18 Å². The van der Waals surface area contributed by atoms with Gasteiger partial charge in [0.05, 0.1) is 23.6 Å². The second-order valence-electron chi connectivity index (χ2n) is 5.90. The van der Waals surface area contributed by atoms with Crippen LogP contribution in [0.25, 0.3) is 21.5 Å². The Morgan fingerprint density at radius 2 is 2.00 bits per heavy atom. The number of fused-ring (bicyclic) bond motifs is 1. The lowest BCUT2D eigenvalue weighted by Crippen LogP contribution is -2.28. The highest BCUT2D eigenvalue weighted by Gasteiger charge is 2.13. The number of aromatic nitrogens is 4. The van der Waals surface area contributed by atoms with Crippen LogP contribution in [0.4, 0.5) is 10.3 Å². The Morgan fingerprint density at radius 3 is 2.78 bits per heavy atom. The van der Waals surface area contributed by atoms with Crippen LogP contribution in [-0.2, 0) is 18.4 Å². The van der Waals surface area contributed by atoms with E-state index < -0.39 is 5.91 Å². The van der Waals surface area contributed by atoms with Crippen molar-refractivity contribution in [1.29, 1.82) is 0 Å². The molecule has 9 heteroatoms. The zero-order valence-corrected chi connectivity index (χ0v) is 15.0. The number of thiophene rings is 1. The smallest absolute Gasteiger partial charge is 0.262 e. The highest BCUT2D eigenvalue weighted by atomic mass is 32.1. The normalized spacial score (nSPS) is 11.0. The number of imidazole rings is 1. The number of nitrogens with zero attached hydrogens (tertiary/aromatic N) is 4. The zero-order valence-electron chi connectivity index (χ0n) is 14.2. The van der Waals surface area contributed by atoms with E-state index in [2.05, 4.69) is 15.3 Å². The molecule has 0 radical (unpaired) electrons. The number of anilines is 1. The fraction of sp³-hybridized carbons (Fsp3) is 0.111. The first-order valence-electron chi connectivity index (χ1n) is 8.03. The lowest BCUT2D eigenvalue weighted by Gasteiger charge is -2.09. The van der Waals surface area contributed by atoms with Crippen LogP contribution < -0.4 is 10.9 Å². The maximum atomic E-state index is 13.1. The quantitative estimate of drug-likeness (QED) is 0.587. The molecule has 0 aliphatic heterocycles. The van der Waals surface area contributed by atoms with Crippen LogP contribution in [0.1, 0.15) is 0 Å². The monoisotopic (exact) mass is 383 g/mol. The molecule has 7 nitrogen and oxygen atoms in total. The third-order valence-corrected chi connectivity index (χ3v) is 4.96. The Hall–Kier alpha value is -3.33. The largest absolute Gasteiger partial charge is 0.313 e. The zero-order chi connectivity index (χ0) is 19.0. The van der Waals surface area contributed by atoms with Gasteiger partial charge in [0.25, 0.3) is 5.56 Å². The van der Waals surface area contributed by atoms with Gasteiger partial charge in [0.1, 0.15) is 17.2 Å². The number of hydrogen-bond acceptors (Lipinski definition) is 5. The molecule has 136 valence electrons. The summed E-state index contributed by atoms with van der Waals surface area (Å²) < 4.78 is 16.0. The summed E-state index contributed by atoms with van der Waals surface area (Å²) in [4.78, 5) is 33.7. The summed E-state index contributed by atoms with van der Waals surface area (Å²) in [7, 11) is 1.74. The van der Waals surface area contributed by atoms with Gasteiger partial charge in [0.15, 0.2) is 0 Å². The summed E-state index contributed by atoms with van der Waals surface area (Å²) in [5.74, 6) is -0.388. The van der Waals surface area contributed by atoms with Crippen LogP contribution >= 0.6 is 11.3 Å². The van der Waals surface area contributed by atoms with E-state index in [9.17, 15) is 14.0 Å². The van der Waals surface area contributed by atoms with Crippen LogP contribution in [0.15, 0.2) is 53.0 Å². The molecule has 0 saturated heterocycles. The fourth-order valence-corrected chi connectivity index (χ4v) is 3.46. The summed E-state index contributed by atoms with van der Waals surface area (Å²) in [5.41, 5.74) is 1.24. The maximum absolute atomic E-state index is 13.1. The SMILES string of the molecule is Cn1c(-c2ccc(F)cc2)cnc1NC(=O)Cn1cnc2sccc2c1=O. The summed E-state index contributed by atoms with van der Waals surface area (Å²) in [6.45, 7) is -0.170. The van der Waals surface area contributed by atoms with Gasteiger partial charge in [-0.1, -0.05) is 0 Å². The van der Waals surface area contributed by atoms with E-state index in [0.717, 1.165) is 11.3 Å². The van der Waals surface area contributed by atoms with Gasteiger partial charge < -0.3 is 4.57 Å². The van der Waals surface area contributed by atoms with Crippen molar-refractivity contribution in [3.05, 3.63) is 64.4 Å². The fourth-order valence-electron chi connectivity index (χ4n) is 2.74. The summed E-state index contributed by atoms with van der Waals surface area (Å²) in [6, 6.07) is 7.69. The predicted octanol–water partition coefficient (Wildman–Crippen LogP) is 2.64. The lowest BCUT2D eigenvalue weighted by atomic mass is 10.2. The molecule has 3 aromatic heterocycles. The molecule has 0 fully saturated rings. The van der Waals surface area contributed by atoms with E-state index in [1.807, 2.05) is 0 Å². The molecule has 0 aliphatic carbocycles. The van der Waals surface area contributed by atoms with Crippen LogP contribution in [0.2, 0.25) is 0 Å². The Bertz CT molecular complexity index is 1190. The standard InChI is InChI=1S/C18H14FN5O2S/c1-23-14(11-2-4-12(19)5-3-11)8-20-18(23)22-15(25)9-24-10-21-16-13(17(24)26)6-7-27-16/h2-8,10H,9H2,1H3,(H,20,22,25). The van der Waals surface area contributed by atoms with Crippen molar-refractivity contribution in [1.82, 2.24) is 19.1 Å². The number of hydrogen-bond donors (Lipinski definition) is 1. The third-order valence-electron chi connectivity index (χ3n) is 4.14. The summed E-state index contributed by atoms with van der Waals surface area (Å²) >= 11 is 1.37. The Morgan fingerprint density at radius 1 is 1.22 bits per heavy atom. The molecule has 0 aliphatic rings. The van der Waals surface area contributed by atoms with Gasteiger partial charge in [-0.3, -0.25) is 19.5 Å². The first kappa shape index (κ1) is 17.1. The van der Waals surface area contributed by atoms with Crippen molar-refractivity contribution in [3.8, 4) is 11.3 Å². The van der Waals surface area contributed by atoms with Crippen molar-refractivity contribution in [3.63, 3.8) is 0 Å². The number of benzene rings is 1. The molecular weight excluding hydrogens is 369 g/mol. The van der Waals surface area contributed by atoms with E-state index in [1.165, 1.54) is 34.4 Å². The molecule has 1 amide bonds. The van der Waals surface area contributed by atoms with E-state index in [-0.39, 0.29) is 17.9 Å². The minimum absolute atomic E-state index is 0.170. The van der Waals surface area contributed by atoms with Crippen LogP contribution in [-0.4, -0.2) is 25.0 Å². The molecule has 0 atom stereocenters. The number of rotatable bonds is 4. The van der Waals surface area contributed by atoms with Crippen molar-refractivity contribution in [2.24, 2.45) is 7.05 Å². The van der Waals surface area contributed by atoms with Crippen LogP contribution in [0, 0.1) is 5.82 Å². The molecule has 0 unspecified atom stereocenters. The molecule has 4 rings (SSSR count). The van der Waals surface area contributed by atoms with Gasteiger partial charge >= 0.3 is 0 Å². The van der Waals surface area contributed by atoms with E-state index >= 15 is 0 Å². The van der Waals surface area contributed by atoms with Gasteiger partial charge in [-0.2, -0.15) is 0 Å². The van der Waals surface area contributed by atoms with E-state index in [1.54, 1.807) is 41.4 Å². The molecule has 1 N–H and O–H groups in total. The molecule has 1 aromatic carbocycles. The number of amides is 1. The van der Waals surface area contributed by atoms with E-state index in [4.69, 9.17) is 0 Å². The van der Waals surface area contributed by atoms with E-state index in [0.29, 0.717) is 16.2 Å². The number of halogens is 1. The Labute approximate surface area is 156 Å². The molecule has 0 spiro atoms. The number of nitrogens with one attached hydrogen (secondary N) is 1.